The van der Waals surface area contributed by atoms with Crippen molar-refractivity contribution in [3.05, 3.63) is 18.0 Å². The fourth-order valence-electron chi connectivity index (χ4n) is 2.87. The number of rotatable bonds is 4. The van der Waals surface area contributed by atoms with Gasteiger partial charge in [-0.2, -0.15) is 5.10 Å². The molecule has 0 unspecified atom stereocenters. The molecule has 124 valence electrons. The van der Waals surface area contributed by atoms with Crippen molar-refractivity contribution in [2.45, 2.75) is 39.0 Å². The van der Waals surface area contributed by atoms with E-state index in [1.165, 1.54) is 0 Å². The first-order chi connectivity index (χ1) is 10.3. The summed E-state index contributed by atoms with van der Waals surface area (Å²) in [5.41, 5.74) is 0.269. The molecule has 0 saturated carbocycles. The maximum absolute atomic E-state index is 12.3. The number of β-amino-alcohol motifs (C(OH)–C–C–N with tert-alkyl or cyclic N) is 1. The first-order valence-electron chi connectivity index (χ1n) is 7.72. The lowest BCUT2D eigenvalue weighted by molar-refractivity contribution is 0.0119. The van der Waals surface area contributed by atoms with E-state index >= 15 is 0 Å². The highest BCUT2D eigenvalue weighted by molar-refractivity contribution is 5.74. The number of piperazine rings is 1. The van der Waals surface area contributed by atoms with Crippen LogP contribution in [0.4, 0.5) is 4.79 Å². The smallest absolute Gasteiger partial charge is 0.318 e. The lowest BCUT2D eigenvalue weighted by Crippen LogP contribution is -2.58. The summed E-state index contributed by atoms with van der Waals surface area (Å²) in [5.74, 6) is 0. The van der Waals surface area contributed by atoms with E-state index in [0.29, 0.717) is 19.6 Å². The van der Waals surface area contributed by atoms with Crippen molar-refractivity contribution in [2.75, 3.05) is 26.2 Å². The van der Waals surface area contributed by atoms with Gasteiger partial charge < -0.3 is 15.3 Å². The monoisotopic (exact) mass is 309 g/mol. The quantitative estimate of drug-likeness (QED) is 0.845. The van der Waals surface area contributed by atoms with Crippen molar-refractivity contribution >= 4 is 6.03 Å². The standard InChI is InChI=1S/C15H27N5O2/c1-12-10-19(11-15(2,3)22)7-8-20(12)14(21)16-9-13-5-6-17-18(13)4/h5-6,12,22H,7-11H2,1-4H3,(H,16,21)/t12-/m0/s1. The molecular weight excluding hydrogens is 282 g/mol. The Morgan fingerprint density at radius 2 is 2.23 bits per heavy atom. The molecule has 1 fully saturated rings. The highest BCUT2D eigenvalue weighted by Gasteiger charge is 2.29. The number of urea groups is 1. The molecular formula is C15H27N5O2. The Kier molecular flexibility index (Phi) is 5.08. The minimum absolute atomic E-state index is 0.0448. The van der Waals surface area contributed by atoms with Gasteiger partial charge in [-0.1, -0.05) is 0 Å². The van der Waals surface area contributed by atoms with Crippen LogP contribution in [0.1, 0.15) is 26.5 Å². The number of aryl methyl sites for hydroxylation is 1. The number of amides is 2. The van der Waals surface area contributed by atoms with Crippen molar-refractivity contribution in [3.8, 4) is 0 Å². The molecule has 1 atom stereocenters. The van der Waals surface area contributed by atoms with Crippen LogP contribution in [0.5, 0.6) is 0 Å². The summed E-state index contributed by atoms with van der Waals surface area (Å²) in [6, 6.07) is 1.98. The van der Waals surface area contributed by atoms with E-state index in [1.807, 2.05) is 38.8 Å². The second-order valence-corrected chi connectivity index (χ2v) is 6.69. The topological polar surface area (TPSA) is 73.6 Å². The zero-order valence-electron chi connectivity index (χ0n) is 13.9. The van der Waals surface area contributed by atoms with E-state index in [-0.39, 0.29) is 12.1 Å². The van der Waals surface area contributed by atoms with Gasteiger partial charge in [-0.05, 0) is 26.8 Å². The molecule has 2 heterocycles. The van der Waals surface area contributed by atoms with Crippen LogP contribution in [0, 0.1) is 0 Å². The SMILES string of the molecule is C[C@H]1CN(CC(C)(C)O)CCN1C(=O)NCc1ccnn1C. The Labute approximate surface area is 131 Å². The molecule has 0 radical (unpaired) electrons. The van der Waals surface area contributed by atoms with Crippen LogP contribution < -0.4 is 5.32 Å². The predicted octanol–water partition coefficient (Wildman–Crippen LogP) is 0.407. The average Bonchev–Trinajstić information content (AvgIpc) is 2.80. The van der Waals surface area contributed by atoms with Crippen molar-refractivity contribution < 1.29 is 9.90 Å². The number of nitrogens with one attached hydrogen (secondary N) is 1. The van der Waals surface area contributed by atoms with Gasteiger partial charge in [0.1, 0.15) is 0 Å². The van der Waals surface area contributed by atoms with E-state index < -0.39 is 5.60 Å². The van der Waals surface area contributed by atoms with Crippen LogP contribution in [-0.4, -0.2) is 68.5 Å². The molecule has 1 aromatic rings. The predicted molar refractivity (Wildman–Crippen MR) is 84.3 cm³/mol. The van der Waals surface area contributed by atoms with Gasteiger partial charge in [-0.3, -0.25) is 9.58 Å². The number of hydrogen-bond donors (Lipinski definition) is 2. The third-order valence-corrected chi connectivity index (χ3v) is 3.93. The van der Waals surface area contributed by atoms with Gasteiger partial charge in [-0.25, -0.2) is 4.79 Å². The number of carbonyl (C=O) groups excluding carboxylic acids is 1. The van der Waals surface area contributed by atoms with Crippen LogP contribution in [0.25, 0.3) is 0 Å². The molecule has 0 bridgehead atoms. The molecule has 0 aliphatic carbocycles. The molecule has 1 aliphatic heterocycles. The van der Waals surface area contributed by atoms with Gasteiger partial charge in [0.2, 0.25) is 0 Å². The summed E-state index contributed by atoms with van der Waals surface area (Å²) in [4.78, 5) is 16.4. The maximum atomic E-state index is 12.3. The number of carbonyl (C=O) groups is 1. The van der Waals surface area contributed by atoms with Crippen LogP contribution in [0.15, 0.2) is 12.3 Å². The first-order valence-corrected chi connectivity index (χ1v) is 7.72. The minimum Gasteiger partial charge on any atom is -0.389 e. The average molecular weight is 309 g/mol. The van der Waals surface area contributed by atoms with Crippen LogP contribution >= 0.6 is 0 Å². The molecule has 2 N–H and O–H groups in total. The molecule has 22 heavy (non-hydrogen) atoms. The summed E-state index contributed by atoms with van der Waals surface area (Å²) in [7, 11) is 1.86. The van der Waals surface area contributed by atoms with Crippen molar-refractivity contribution in [1.82, 2.24) is 24.9 Å². The van der Waals surface area contributed by atoms with Crippen molar-refractivity contribution in [1.29, 1.82) is 0 Å². The fraction of sp³-hybridized carbons (Fsp3) is 0.733. The number of aliphatic hydroxyl groups is 1. The van der Waals surface area contributed by atoms with Gasteiger partial charge in [-0.15, -0.1) is 0 Å². The Morgan fingerprint density at radius 1 is 1.50 bits per heavy atom. The molecule has 0 spiro atoms. The first kappa shape index (κ1) is 16.8. The highest BCUT2D eigenvalue weighted by Crippen LogP contribution is 2.13. The van der Waals surface area contributed by atoms with Crippen LogP contribution in [0.2, 0.25) is 0 Å². The lowest BCUT2D eigenvalue weighted by Gasteiger charge is -2.41. The molecule has 2 amide bonds. The van der Waals surface area contributed by atoms with E-state index in [1.54, 1.807) is 10.9 Å². The lowest BCUT2D eigenvalue weighted by atomic mass is 10.1. The van der Waals surface area contributed by atoms with Crippen molar-refractivity contribution in [2.24, 2.45) is 7.05 Å². The molecule has 2 rings (SSSR count). The second kappa shape index (κ2) is 6.66. The minimum atomic E-state index is -0.705. The maximum Gasteiger partial charge on any atom is 0.318 e. The number of aromatic nitrogens is 2. The Bertz CT molecular complexity index is 508. The molecule has 1 aromatic heterocycles. The summed E-state index contributed by atoms with van der Waals surface area (Å²) in [5, 5.41) is 16.9. The van der Waals surface area contributed by atoms with Gasteiger partial charge in [0.05, 0.1) is 17.8 Å². The third kappa shape index (κ3) is 4.45. The van der Waals surface area contributed by atoms with Crippen LogP contribution in [0.3, 0.4) is 0 Å². The molecule has 0 aromatic carbocycles. The zero-order valence-corrected chi connectivity index (χ0v) is 13.9. The number of nitrogens with zero attached hydrogens (tertiary/aromatic N) is 4. The third-order valence-electron chi connectivity index (χ3n) is 3.93. The Hall–Kier alpha value is -1.60. The normalized spacial score (nSPS) is 20.2. The second-order valence-electron chi connectivity index (χ2n) is 6.69. The summed E-state index contributed by atoms with van der Waals surface area (Å²) < 4.78 is 1.75. The van der Waals surface area contributed by atoms with E-state index in [9.17, 15) is 9.90 Å². The molecule has 1 saturated heterocycles. The molecule has 7 nitrogen and oxygen atoms in total. The highest BCUT2D eigenvalue weighted by atomic mass is 16.3. The zero-order chi connectivity index (χ0) is 16.3. The van der Waals surface area contributed by atoms with E-state index in [2.05, 4.69) is 15.3 Å². The number of hydrogen-bond acceptors (Lipinski definition) is 4. The Morgan fingerprint density at radius 3 is 2.77 bits per heavy atom. The van der Waals surface area contributed by atoms with Crippen LogP contribution in [-0.2, 0) is 13.6 Å². The Balaban J connectivity index is 1.83. The summed E-state index contributed by atoms with van der Waals surface area (Å²) in [6.45, 7) is 9.01. The molecule has 1 aliphatic rings. The summed E-state index contributed by atoms with van der Waals surface area (Å²) in [6.07, 6.45) is 1.72. The summed E-state index contributed by atoms with van der Waals surface area (Å²) >= 11 is 0. The van der Waals surface area contributed by atoms with Gasteiger partial charge in [0, 0.05) is 45.5 Å². The van der Waals surface area contributed by atoms with Gasteiger partial charge in [0.25, 0.3) is 0 Å². The van der Waals surface area contributed by atoms with E-state index in [4.69, 9.17) is 0 Å². The molecule has 7 heteroatoms. The van der Waals surface area contributed by atoms with Gasteiger partial charge >= 0.3 is 6.03 Å². The van der Waals surface area contributed by atoms with Crippen molar-refractivity contribution in [3.63, 3.8) is 0 Å². The fourth-order valence-corrected chi connectivity index (χ4v) is 2.87. The van der Waals surface area contributed by atoms with E-state index in [0.717, 1.165) is 18.8 Å². The van der Waals surface area contributed by atoms with Gasteiger partial charge in [0.15, 0.2) is 0 Å². The largest absolute Gasteiger partial charge is 0.389 e.